The van der Waals surface area contributed by atoms with Crippen LogP contribution in [0.3, 0.4) is 0 Å². The molecular weight excluding hydrogens is 308 g/mol. The molecule has 0 aliphatic rings. The average Bonchev–Trinajstić information content (AvgIpc) is 2.54. The molecule has 5 heteroatoms. The van der Waals surface area contributed by atoms with Gasteiger partial charge in [-0.1, -0.05) is 42.5 Å². The number of anilines is 1. The summed E-state index contributed by atoms with van der Waals surface area (Å²) >= 11 is 5.12. The summed E-state index contributed by atoms with van der Waals surface area (Å²) in [4.78, 5) is 23.3. The summed E-state index contributed by atoms with van der Waals surface area (Å²) in [7, 11) is 0. The fourth-order valence-corrected chi connectivity index (χ4v) is 2.30. The number of nitrogens with one attached hydrogen (secondary N) is 2. The van der Waals surface area contributed by atoms with Gasteiger partial charge in [0, 0.05) is 17.7 Å². The maximum absolute atomic E-state index is 11.9. The predicted molar refractivity (Wildman–Crippen MR) is 95.6 cm³/mol. The molecule has 0 radical (unpaired) electrons. The Balaban J connectivity index is 1.83. The molecule has 2 aromatic carbocycles. The highest BCUT2D eigenvalue weighted by Crippen LogP contribution is 2.11. The van der Waals surface area contributed by atoms with Gasteiger partial charge in [0.05, 0.1) is 0 Å². The maximum Gasteiger partial charge on any atom is 0.226 e. The van der Waals surface area contributed by atoms with Gasteiger partial charge in [0.15, 0.2) is 10.9 Å². The fourth-order valence-electron chi connectivity index (χ4n) is 2.07. The predicted octanol–water partition coefficient (Wildman–Crippen LogP) is 3.34. The average molecular weight is 326 g/mol. The molecule has 118 valence electrons. The van der Waals surface area contributed by atoms with E-state index >= 15 is 0 Å². The van der Waals surface area contributed by atoms with Crippen LogP contribution < -0.4 is 10.6 Å². The number of carbonyl (C=O) groups is 2. The molecule has 1 amide bonds. The van der Waals surface area contributed by atoms with Crippen molar-refractivity contribution in [1.82, 2.24) is 5.32 Å². The third-order valence-corrected chi connectivity index (χ3v) is 3.47. The molecule has 2 rings (SSSR count). The molecule has 0 atom stereocenters. The first-order chi connectivity index (χ1) is 11.0. The lowest BCUT2D eigenvalue weighted by atomic mass is 10.1. The molecular formula is C18H18N2O2S. The molecule has 2 N–H and O–H groups in total. The zero-order valence-electron chi connectivity index (χ0n) is 12.8. The Morgan fingerprint density at radius 3 is 2.48 bits per heavy atom. The van der Waals surface area contributed by atoms with Crippen LogP contribution in [0.5, 0.6) is 0 Å². The molecule has 23 heavy (non-hydrogen) atoms. The number of thiocarbonyl (C=S) groups is 1. The minimum absolute atomic E-state index is 0.0218. The van der Waals surface area contributed by atoms with E-state index in [0.717, 1.165) is 5.56 Å². The summed E-state index contributed by atoms with van der Waals surface area (Å²) in [6, 6.07) is 16.8. The minimum Gasteiger partial charge on any atom is -0.332 e. The van der Waals surface area contributed by atoms with Gasteiger partial charge in [0.1, 0.15) is 0 Å². The Kier molecular flexibility index (Phi) is 6.00. The van der Waals surface area contributed by atoms with Crippen LogP contribution in [0.15, 0.2) is 54.6 Å². The van der Waals surface area contributed by atoms with Gasteiger partial charge in [-0.25, -0.2) is 0 Å². The second kappa shape index (κ2) is 8.19. The van der Waals surface area contributed by atoms with E-state index in [1.54, 1.807) is 24.3 Å². The third kappa shape index (κ3) is 5.64. The molecule has 0 aliphatic carbocycles. The quantitative estimate of drug-likeness (QED) is 0.653. The molecule has 4 nitrogen and oxygen atoms in total. The van der Waals surface area contributed by atoms with E-state index < -0.39 is 0 Å². The van der Waals surface area contributed by atoms with Crippen molar-refractivity contribution in [2.45, 2.75) is 19.8 Å². The highest BCUT2D eigenvalue weighted by Gasteiger charge is 2.06. The van der Waals surface area contributed by atoms with Gasteiger partial charge >= 0.3 is 0 Å². The first-order valence-corrected chi connectivity index (χ1v) is 7.71. The number of amides is 1. The number of hydrogen-bond acceptors (Lipinski definition) is 3. The van der Waals surface area contributed by atoms with Crippen molar-refractivity contribution in [1.29, 1.82) is 0 Å². The van der Waals surface area contributed by atoms with Crippen LogP contribution in [0.4, 0.5) is 5.69 Å². The monoisotopic (exact) mass is 326 g/mol. The largest absolute Gasteiger partial charge is 0.332 e. The standard InChI is InChI=1S/C18H18N2O2S/c1-13(21)15-8-5-9-16(12-15)19-18(23)20-17(22)11-10-14-6-3-2-4-7-14/h2-9,12H,10-11H2,1H3,(H2,19,20,22,23). The molecule has 2 aromatic rings. The summed E-state index contributed by atoms with van der Waals surface area (Å²) in [5, 5.41) is 5.78. The van der Waals surface area contributed by atoms with Gasteiger partial charge in [-0.3, -0.25) is 9.59 Å². The number of benzene rings is 2. The number of carbonyl (C=O) groups excluding carboxylic acids is 2. The Morgan fingerprint density at radius 2 is 1.78 bits per heavy atom. The molecule has 0 aromatic heterocycles. The summed E-state index contributed by atoms with van der Waals surface area (Å²) in [6.07, 6.45) is 1.02. The van der Waals surface area contributed by atoms with Crippen LogP contribution in [-0.2, 0) is 11.2 Å². The highest BCUT2D eigenvalue weighted by molar-refractivity contribution is 7.80. The number of ketones is 1. The minimum atomic E-state index is -0.144. The van der Waals surface area contributed by atoms with Crippen molar-refractivity contribution in [3.05, 3.63) is 65.7 Å². The SMILES string of the molecule is CC(=O)c1cccc(NC(=S)NC(=O)CCc2ccccc2)c1. The smallest absolute Gasteiger partial charge is 0.226 e. The van der Waals surface area contributed by atoms with Crippen LogP contribution in [0, 0.1) is 0 Å². The van der Waals surface area contributed by atoms with Gasteiger partial charge < -0.3 is 10.6 Å². The van der Waals surface area contributed by atoms with E-state index in [4.69, 9.17) is 12.2 Å². The van der Waals surface area contributed by atoms with Gasteiger partial charge in [-0.2, -0.15) is 0 Å². The lowest BCUT2D eigenvalue weighted by Gasteiger charge is -2.10. The summed E-state index contributed by atoms with van der Waals surface area (Å²) in [6.45, 7) is 1.50. The Morgan fingerprint density at radius 1 is 1.04 bits per heavy atom. The second-order valence-electron chi connectivity index (χ2n) is 5.12. The summed E-state index contributed by atoms with van der Waals surface area (Å²) in [5.74, 6) is -0.166. The molecule has 0 fully saturated rings. The van der Waals surface area contributed by atoms with E-state index in [1.165, 1.54) is 6.92 Å². The van der Waals surface area contributed by atoms with E-state index in [1.807, 2.05) is 30.3 Å². The molecule has 0 spiro atoms. The lowest BCUT2D eigenvalue weighted by Crippen LogP contribution is -2.34. The normalized spacial score (nSPS) is 9.96. The lowest BCUT2D eigenvalue weighted by molar-refractivity contribution is -0.119. The van der Waals surface area contributed by atoms with Crippen molar-refractivity contribution in [2.75, 3.05) is 5.32 Å². The molecule has 0 unspecified atom stereocenters. The number of Topliss-reactive ketones (excluding diaryl/α,β-unsaturated/α-hetero) is 1. The van der Waals surface area contributed by atoms with Crippen LogP contribution in [-0.4, -0.2) is 16.8 Å². The van der Waals surface area contributed by atoms with Crippen molar-refractivity contribution in [2.24, 2.45) is 0 Å². The topological polar surface area (TPSA) is 58.2 Å². The number of aryl methyl sites for hydroxylation is 1. The summed E-state index contributed by atoms with van der Waals surface area (Å²) in [5.41, 5.74) is 2.37. The van der Waals surface area contributed by atoms with Crippen LogP contribution in [0.1, 0.15) is 29.3 Å². The maximum atomic E-state index is 11.9. The Bertz CT molecular complexity index is 714. The van der Waals surface area contributed by atoms with E-state index in [9.17, 15) is 9.59 Å². The molecule has 0 aliphatic heterocycles. The molecule has 0 bridgehead atoms. The van der Waals surface area contributed by atoms with E-state index in [0.29, 0.717) is 24.1 Å². The van der Waals surface area contributed by atoms with Gasteiger partial charge in [-0.15, -0.1) is 0 Å². The van der Waals surface area contributed by atoms with Crippen molar-refractivity contribution < 1.29 is 9.59 Å². The number of rotatable bonds is 5. The zero-order valence-corrected chi connectivity index (χ0v) is 13.7. The van der Waals surface area contributed by atoms with Crippen LogP contribution >= 0.6 is 12.2 Å². The Labute approximate surface area is 140 Å². The second-order valence-corrected chi connectivity index (χ2v) is 5.53. The first kappa shape index (κ1) is 16.8. The van der Waals surface area contributed by atoms with Crippen molar-refractivity contribution >= 4 is 34.7 Å². The zero-order chi connectivity index (χ0) is 16.7. The van der Waals surface area contributed by atoms with E-state index in [-0.39, 0.29) is 16.8 Å². The first-order valence-electron chi connectivity index (χ1n) is 7.30. The molecule has 0 saturated heterocycles. The Hall–Kier alpha value is -2.53. The van der Waals surface area contributed by atoms with Crippen molar-refractivity contribution in [3.63, 3.8) is 0 Å². The fraction of sp³-hybridized carbons (Fsp3) is 0.167. The summed E-state index contributed by atoms with van der Waals surface area (Å²) < 4.78 is 0. The van der Waals surface area contributed by atoms with Crippen LogP contribution in [0.25, 0.3) is 0 Å². The number of hydrogen-bond donors (Lipinski definition) is 2. The third-order valence-electron chi connectivity index (χ3n) is 3.26. The van der Waals surface area contributed by atoms with Gasteiger partial charge in [0.2, 0.25) is 5.91 Å². The van der Waals surface area contributed by atoms with Crippen LogP contribution in [0.2, 0.25) is 0 Å². The van der Waals surface area contributed by atoms with E-state index in [2.05, 4.69) is 10.6 Å². The highest BCUT2D eigenvalue weighted by atomic mass is 32.1. The van der Waals surface area contributed by atoms with Crippen molar-refractivity contribution in [3.8, 4) is 0 Å². The van der Waals surface area contributed by atoms with Gasteiger partial charge in [-0.05, 0) is 43.3 Å². The van der Waals surface area contributed by atoms with Gasteiger partial charge in [0.25, 0.3) is 0 Å². The molecule has 0 heterocycles. The molecule has 0 saturated carbocycles.